The first-order valence-electron chi connectivity index (χ1n) is 10.6. The number of rotatable bonds is 6. The third kappa shape index (κ3) is 4.65. The van der Waals surface area contributed by atoms with Crippen LogP contribution in [-0.4, -0.2) is 26.0 Å². The van der Waals surface area contributed by atoms with E-state index in [0.29, 0.717) is 58.2 Å². The number of hydrogen-bond acceptors (Lipinski definition) is 7. The highest BCUT2D eigenvalue weighted by Gasteiger charge is 2.41. The fourth-order valence-electron chi connectivity index (χ4n) is 4.24. The molecule has 0 amide bonds. The number of carbonyl (C=O) groups is 2. The molecule has 178 valence electrons. The number of carbonyl (C=O) groups excluding carboxylic acids is 2. The van der Waals surface area contributed by atoms with E-state index >= 15 is 0 Å². The van der Waals surface area contributed by atoms with Crippen molar-refractivity contribution in [2.75, 3.05) is 14.2 Å². The van der Waals surface area contributed by atoms with E-state index in [1.165, 1.54) is 7.11 Å². The highest BCUT2D eigenvalue weighted by molar-refractivity contribution is 9.10. The Bertz CT molecular complexity index is 1220. The summed E-state index contributed by atoms with van der Waals surface area (Å²) in [5, 5.41) is 0.459. The molecule has 0 saturated heterocycles. The maximum Gasteiger partial charge on any atom is 0.340 e. The molecule has 0 fully saturated rings. The highest BCUT2D eigenvalue weighted by atomic mass is 79.9. The van der Waals surface area contributed by atoms with Crippen molar-refractivity contribution in [1.29, 1.82) is 0 Å². The molecule has 0 spiro atoms. The van der Waals surface area contributed by atoms with Gasteiger partial charge in [0, 0.05) is 28.5 Å². The van der Waals surface area contributed by atoms with E-state index < -0.39 is 11.9 Å². The van der Waals surface area contributed by atoms with Crippen molar-refractivity contribution in [2.24, 2.45) is 5.73 Å². The second-order valence-corrected chi connectivity index (χ2v) is 9.18. The average Bonchev–Trinajstić information content (AvgIpc) is 2.82. The molecule has 2 aliphatic rings. The quantitative estimate of drug-likeness (QED) is 0.498. The summed E-state index contributed by atoms with van der Waals surface area (Å²) in [4.78, 5) is 25.6. The Morgan fingerprint density at radius 2 is 1.94 bits per heavy atom. The van der Waals surface area contributed by atoms with Crippen molar-refractivity contribution in [3.8, 4) is 11.5 Å². The maximum atomic E-state index is 12.9. The lowest BCUT2D eigenvalue weighted by Gasteiger charge is -2.32. The van der Waals surface area contributed by atoms with Crippen molar-refractivity contribution in [2.45, 2.75) is 31.8 Å². The van der Waals surface area contributed by atoms with Gasteiger partial charge in [-0.25, -0.2) is 4.79 Å². The largest absolute Gasteiger partial charge is 0.496 e. The molecular weight excluding hydrogens is 526 g/mol. The molecule has 1 unspecified atom stereocenters. The van der Waals surface area contributed by atoms with Crippen LogP contribution in [0.25, 0.3) is 0 Å². The van der Waals surface area contributed by atoms with Gasteiger partial charge in [-0.3, -0.25) is 4.79 Å². The van der Waals surface area contributed by atoms with E-state index in [1.807, 2.05) is 12.1 Å². The molecule has 0 saturated carbocycles. The Morgan fingerprint density at radius 3 is 2.65 bits per heavy atom. The minimum Gasteiger partial charge on any atom is -0.496 e. The van der Waals surface area contributed by atoms with Gasteiger partial charge in [0.15, 0.2) is 5.78 Å². The number of allylic oxidation sites excluding steroid dienone is 2. The van der Waals surface area contributed by atoms with Crippen LogP contribution in [0.4, 0.5) is 0 Å². The van der Waals surface area contributed by atoms with E-state index in [2.05, 4.69) is 15.9 Å². The third-order valence-corrected chi connectivity index (χ3v) is 6.59. The van der Waals surface area contributed by atoms with Crippen LogP contribution < -0.4 is 15.2 Å². The predicted octanol–water partition coefficient (Wildman–Crippen LogP) is 5.15. The van der Waals surface area contributed by atoms with E-state index in [-0.39, 0.29) is 23.8 Å². The first-order valence-corrected chi connectivity index (χ1v) is 11.8. The van der Waals surface area contributed by atoms with Crippen molar-refractivity contribution in [1.82, 2.24) is 0 Å². The number of halogens is 2. The first kappa shape index (κ1) is 24.2. The van der Waals surface area contributed by atoms with E-state index in [9.17, 15) is 9.59 Å². The summed E-state index contributed by atoms with van der Waals surface area (Å²) in [5.41, 5.74) is 8.06. The number of ketones is 1. The standard InChI is InChI=1S/C25H23BrClNO6/c1-31-18-8-6-13(10-14(18)12-33-19-9-7-15(26)11-16(19)27)21-22-17(29)4-3-5-20(22)34-24(28)23(21)25(30)32-2/h6-11,21H,3-5,12,28H2,1-2H3. The van der Waals surface area contributed by atoms with Gasteiger partial charge in [0.05, 0.1) is 25.2 Å². The molecule has 2 N–H and O–H groups in total. The van der Waals surface area contributed by atoms with Gasteiger partial charge in [-0.15, -0.1) is 0 Å². The topological polar surface area (TPSA) is 97.1 Å². The zero-order chi connectivity index (χ0) is 24.4. The van der Waals surface area contributed by atoms with Gasteiger partial charge in [-0.2, -0.15) is 0 Å². The molecule has 1 atom stereocenters. The third-order valence-electron chi connectivity index (χ3n) is 5.80. The second kappa shape index (κ2) is 10.1. The smallest absolute Gasteiger partial charge is 0.340 e. The Hall–Kier alpha value is -2.97. The maximum absolute atomic E-state index is 12.9. The number of nitrogens with two attached hydrogens (primary N) is 1. The lowest BCUT2D eigenvalue weighted by atomic mass is 9.77. The van der Waals surface area contributed by atoms with E-state index in [0.717, 1.165) is 4.47 Å². The van der Waals surface area contributed by atoms with E-state index in [1.54, 1.807) is 31.4 Å². The molecule has 0 aromatic heterocycles. The lowest BCUT2D eigenvalue weighted by Crippen LogP contribution is -2.31. The Morgan fingerprint density at radius 1 is 1.18 bits per heavy atom. The molecule has 7 nitrogen and oxygen atoms in total. The fraction of sp³-hybridized carbons (Fsp3) is 0.280. The summed E-state index contributed by atoms with van der Waals surface area (Å²) in [6, 6.07) is 10.7. The summed E-state index contributed by atoms with van der Waals surface area (Å²) >= 11 is 9.66. The Kier molecular flexibility index (Phi) is 7.19. The van der Waals surface area contributed by atoms with E-state index in [4.69, 9.17) is 36.3 Å². The number of esters is 1. The minimum absolute atomic E-state index is 0.0550. The monoisotopic (exact) mass is 547 g/mol. The fourth-order valence-corrected chi connectivity index (χ4v) is 4.96. The van der Waals surface area contributed by atoms with Crippen molar-refractivity contribution in [3.05, 3.63) is 79.8 Å². The molecule has 0 radical (unpaired) electrons. The molecule has 0 bridgehead atoms. The number of ether oxygens (including phenoxy) is 4. The van der Waals surface area contributed by atoms with Crippen LogP contribution >= 0.6 is 27.5 Å². The van der Waals surface area contributed by atoms with Crippen molar-refractivity contribution in [3.63, 3.8) is 0 Å². The van der Waals surface area contributed by atoms with Gasteiger partial charge >= 0.3 is 5.97 Å². The predicted molar refractivity (Wildman–Crippen MR) is 129 cm³/mol. The van der Waals surface area contributed by atoms with Crippen molar-refractivity contribution < 1.29 is 28.5 Å². The molecule has 1 heterocycles. The van der Waals surface area contributed by atoms with Crippen LogP contribution in [0.5, 0.6) is 11.5 Å². The van der Waals surface area contributed by atoms with Crippen molar-refractivity contribution >= 4 is 39.3 Å². The number of benzene rings is 2. The normalized spacial score (nSPS) is 17.8. The Labute approximate surface area is 210 Å². The molecule has 2 aromatic carbocycles. The van der Waals surface area contributed by atoms with Crippen LogP contribution in [0.2, 0.25) is 5.02 Å². The summed E-state index contributed by atoms with van der Waals surface area (Å²) in [5.74, 6) is 0.102. The van der Waals surface area contributed by atoms with Gasteiger partial charge in [0.1, 0.15) is 29.4 Å². The molecule has 9 heteroatoms. The number of methoxy groups -OCH3 is 2. The zero-order valence-electron chi connectivity index (χ0n) is 18.7. The van der Waals surface area contributed by atoms with Gasteiger partial charge in [0.2, 0.25) is 5.88 Å². The van der Waals surface area contributed by atoms with Gasteiger partial charge in [0.25, 0.3) is 0 Å². The van der Waals surface area contributed by atoms with Gasteiger partial charge in [-0.1, -0.05) is 33.6 Å². The highest BCUT2D eigenvalue weighted by Crippen LogP contribution is 2.44. The van der Waals surface area contributed by atoms with Crippen LogP contribution in [0.1, 0.15) is 36.3 Å². The molecule has 4 rings (SSSR count). The first-order chi connectivity index (χ1) is 16.3. The SMILES string of the molecule is COC(=O)C1=C(N)OC2=C(C(=O)CCC2)C1c1ccc(OC)c(COc2ccc(Br)cc2Cl)c1. The molecule has 2 aromatic rings. The van der Waals surface area contributed by atoms with Crippen LogP contribution in [0.3, 0.4) is 0 Å². The summed E-state index contributed by atoms with van der Waals surface area (Å²) in [6.45, 7) is 0.147. The van der Waals surface area contributed by atoms with Crippen LogP contribution in [0, 0.1) is 0 Å². The van der Waals surface area contributed by atoms with Crippen LogP contribution in [0.15, 0.2) is 63.7 Å². The van der Waals surface area contributed by atoms with Gasteiger partial charge < -0.3 is 24.7 Å². The lowest BCUT2D eigenvalue weighted by molar-refractivity contribution is -0.136. The summed E-state index contributed by atoms with van der Waals surface area (Å²) in [7, 11) is 2.82. The average molecular weight is 549 g/mol. The molecule has 34 heavy (non-hydrogen) atoms. The number of hydrogen-bond donors (Lipinski definition) is 1. The molecule has 1 aliphatic carbocycles. The molecular formula is C25H23BrClNO6. The Balaban J connectivity index is 1.76. The van der Waals surface area contributed by atoms with Crippen LogP contribution in [-0.2, 0) is 25.7 Å². The number of Topliss-reactive ketones (excluding diaryl/α,β-unsaturated/α-hetero) is 1. The summed E-state index contributed by atoms with van der Waals surface area (Å²) in [6.07, 6.45) is 1.61. The zero-order valence-corrected chi connectivity index (χ0v) is 21.0. The minimum atomic E-state index is -0.718. The van der Waals surface area contributed by atoms with Gasteiger partial charge in [-0.05, 0) is 42.3 Å². The second-order valence-electron chi connectivity index (χ2n) is 7.85. The summed E-state index contributed by atoms with van der Waals surface area (Å²) < 4.78 is 23.0. The molecule has 1 aliphatic heterocycles.